The van der Waals surface area contributed by atoms with E-state index in [1.54, 1.807) is 6.92 Å². The summed E-state index contributed by atoms with van der Waals surface area (Å²) in [5, 5.41) is 32.3. The van der Waals surface area contributed by atoms with Crippen molar-refractivity contribution in [1.29, 1.82) is 0 Å². The molecule has 0 amide bonds. The molecule has 9 N–H and O–H groups in total. The van der Waals surface area contributed by atoms with Crippen LogP contribution in [0.5, 0.6) is 0 Å². The lowest BCUT2D eigenvalue weighted by atomic mass is 9.80. The van der Waals surface area contributed by atoms with E-state index in [2.05, 4.69) is 6.92 Å². The molecule has 2 aliphatic heterocycles. The van der Waals surface area contributed by atoms with E-state index >= 15 is 0 Å². The van der Waals surface area contributed by atoms with Crippen LogP contribution in [0.4, 0.5) is 0 Å². The number of aliphatic hydroxyl groups is 3. The largest absolute Gasteiger partial charge is 0.468 e. The van der Waals surface area contributed by atoms with Crippen molar-refractivity contribution < 1.29 is 34.3 Å². The van der Waals surface area contributed by atoms with Gasteiger partial charge in [-0.15, -0.1) is 0 Å². The maximum Gasteiger partial charge on any atom is 0.215 e. The summed E-state index contributed by atoms with van der Waals surface area (Å²) in [7, 11) is 0. The highest BCUT2D eigenvalue weighted by molar-refractivity contribution is 5.03. The Kier molecular flexibility index (Phi) is 8.56. The number of allylic oxidation sites excluding steroid dienone is 1. The Morgan fingerprint density at radius 2 is 1.66 bits per heavy atom. The summed E-state index contributed by atoms with van der Waals surface area (Å²) in [6, 6.07) is -1.52. The van der Waals surface area contributed by atoms with Gasteiger partial charge in [0.2, 0.25) is 6.29 Å². The highest BCUT2D eigenvalue weighted by Gasteiger charge is 2.50. The molecule has 0 aromatic heterocycles. The van der Waals surface area contributed by atoms with E-state index in [0.717, 1.165) is 18.6 Å². The molecule has 10 nitrogen and oxygen atoms in total. The minimum Gasteiger partial charge on any atom is -0.468 e. The second kappa shape index (κ2) is 10.6. The minimum atomic E-state index is -1.18. The van der Waals surface area contributed by atoms with Crippen LogP contribution in [0, 0.1) is 5.92 Å². The Bertz CT molecular complexity index is 649. The van der Waals surface area contributed by atoms with Gasteiger partial charge < -0.3 is 51.5 Å². The van der Waals surface area contributed by atoms with Gasteiger partial charge in [-0.25, -0.2) is 0 Å². The average Bonchev–Trinajstić information content (AvgIpc) is 2.72. The highest BCUT2D eigenvalue weighted by Crippen LogP contribution is 2.35. The number of aliphatic hydroxyl groups excluding tert-OH is 2. The molecule has 3 rings (SSSR count). The SMILES string of the molecule is CCCC1=CC[C@@H](N)[C@@H](O[C@H]2[C@H](O)[C@@H](O[C@H]3OC[C@](C)(O)[C@H](CC)[C@H]3O)[C@H](N)C[C@@H]2N)O1. The van der Waals surface area contributed by atoms with Crippen molar-refractivity contribution in [3.05, 3.63) is 11.8 Å². The van der Waals surface area contributed by atoms with E-state index in [9.17, 15) is 15.3 Å². The van der Waals surface area contributed by atoms with E-state index in [-0.39, 0.29) is 12.6 Å². The van der Waals surface area contributed by atoms with Crippen molar-refractivity contribution in [1.82, 2.24) is 0 Å². The van der Waals surface area contributed by atoms with E-state index in [0.29, 0.717) is 19.3 Å². The average molecular weight is 460 g/mol. The predicted molar refractivity (Wildman–Crippen MR) is 117 cm³/mol. The van der Waals surface area contributed by atoms with Gasteiger partial charge in [0.15, 0.2) is 6.29 Å². The normalized spacial score (nSPS) is 47.6. The lowest BCUT2D eigenvalue weighted by Gasteiger charge is -2.48. The highest BCUT2D eigenvalue weighted by atomic mass is 16.7. The molecule has 32 heavy (non-hydrogen) atoms. The van der Waals surface area contributed by atoms with Crippen LogP contribution >= 0.6 is 0 Å². The van der Waals surface area contributed by atoms with Crippen LogP contribution in [0.25, 0.3) is 0 Å². The van der Waals surface area contributed by atoms with Gasteiger partial charge in [0.05, 0.1) is 24.0 Å². The number of nitrogens with two attached hydrogens (primary N) is 3. The van der Waals surface area contributed by atoms with Crippen LogP contribution in [-0.4, -0.2) is 82.6 Å². The molecule has 1 saturated heterocycles. The second-order valence-electron chi connectivity index (χ2n) is 9.60. The molecule has 0 spiro atoms. The molecule has 0 aromatic rings. The van der Waals surface area contributed by atoms with E-state index in [1.807, 2.05) is 13.0 Å². The maximum absolute atomic E-state index is 11.1. The smallest absolute Gasteiger partial charge is 0.215 e. The van der Waals surface area contributed by atoms with Crippen molar-refractivity contribution in [2.75, 3.05) is 6.61 Å². The molecule has 0 unspecified atom stereocenters. The zero-order chi connectivity index (χ0) is 23.6. The zero-order valence-electron chi connectivity index (χ0n) is 19.3. The van der Waals surface area contributed by atoms with Crippen molar-refractivity contribution in [3.8, 4) is 0 Å². The zero-order valence-corrected chi connectivity index (χ0v) is 19.3. The minimum absolute atomic E-state index is 0.00202. The summed E-state index contributed by atoms with van der Waals surface area (Å²) in [6.07, 6.45) is -0.563. The molecule has 0 radical (unpaired) electrons. The molecular formula is C22H41N3O7. The molecule has 1 saturated carbocycles. The van der Waals surface area contributed by atoms with Crippen molar-refractivity contribution in [2.24, 2.45) is 23.1 Å². The molecule has 1 aliphatic carbocycles. The van der Waals surface area contributed by atoms with Gasteiger partial charge in [0, 0.05) is 24.4 Å². The molecule has 11 atom stereocenters. The van der Waals surface area contributed by atoms with Crippen LogP contribution in [0.2, 0.25) is 0 Å². The Hall–Kier alpha value is -0.820. The summed E-state index contributed by atoms with van der Waals surface area (Å²) < 4.78 is 23.5. The number of hydrogen-bond donors (Lipinski definition) is 6. The summed E-state index contributed by atoms with van der Waals surface area (Å²) in [6.45, 7) is 5.56. The monoisotopic (exact) mass is 459 g/mol. The topological polar surface area (TPSA) is 176 Å². The molecule has 2 heterocycles. The van der Waals surface area contributed by atoms with Crippen LogP contribution in [-0.2, 0) is 18.9 Å². The molecule has 0 bridgehead atoms. The second-order valence-corrected chi connectivity index (χ2v) is 9.60. The van der Waals surface area contributed by atoms with Crippen molar-refractivity contribution in [3.63, 3.8) is 0 Å². The Morgan fingerprint density at radius 1 is 1.03 bits per heavy atom. The molecule has 10 heteroatoms. The first-order valence-electron chi connectivity index (χ1n) is 11.7. The van der Waals surface area contributed by atoms with Crippen LogP contribution < -0.4 is 17.2 Å². The fraction of sp³-hybridized carbons (Fsp3) is 0.909. The van der Waals surface area contributed by atoms with Gasteiger partial charge >= 0.3 is 0 Å². The van der Waals surface area contributed by atoms with Crippen LogP contribution in [0.1, 0.15) is 52.9 Å². The Labute approximate surface area is 190 Å². The fourth-order valence-electron chi connectivity index (χ4n) is 4.96. The number of ether oxygens (including phenoxy) is 4. The standard InChI is InChI=1S/C22H41N3O7/c1-4-6-11-7-8-13(23)20(30-11)31-18-14(24)9-15(25)19(17(18)27)32-21-16(26)12(5-2)22(3,28)10-29-21/h7,12-21,26-28H,4-6,8-10,23-25H2,1-3H3/t12-,13-,14+,15-,16-,17+,18-,19+,20-,21-,22+/m1/s1. The van der Waals surface area contributed by atoms with Gasteiger partial charge in [-0.3, -0.25) is 0 Å². The quantitative estimate of drug-likeness (QED) is 0.289. The van der Waals surface area contributed by atoms with Crippen molar-refractivity contribution in [2.45, 2.75) is 114 Å². The molecule has 186 valence electrons. The molecular weight excluding hydrogens is 418 g/mol. The van der Waals surface area contributed by atoms with Crippen molar-refractivity contribution >= 4 is 0 Å². The summed E-state index contributed by atoms with van der Waals surface area (Å²) in [4.78, 5) is 0. The first-order valence-corrected chi connectivity index (χ1v) is 11.7. The lowest BCUT2D eigenvalue weighted by Crippen LogP contribution is -2.66. The summed E-state index contributed by atoms with van der Waals surface area (Å²) >= 11 is 0. The summed E-state index contributed by atoms with van der Waals surface area (Å²) in [5.74, 6) is 0.379. The van der Waals surface area contributed by atoms with Gasteiger partial charge in [-0.05, 0) is 38.7 Å². The predicted octanol–water partition coefficient (Wildman–Crippen LogP) is -0.572. The van der Waals surface area contributed by atoms with E-state index in [4.69, 9.17) is 36.1 Å². The Morgan fingerprint density at radius 3 is 2.25 bits per heavy atom. The molecule has 0 aromatic carbocycles. The first kappa shape index (κ1) is 25.8. The third-order valence-corrected chi connectivity index (χ3v) is 6.84. The molecule has 3 aliphatic rings. The van der Waals surface area contributed by atoms with Gasteiger partial charge in [0.25, 0.3) is 0 Å². The van der Waals surface area contributed by atoms with E-state index < -0.39 is 60.6 Å². The van der Waals surface area contributed by atoms with Gasteiger partial charge in [-0.2, -0.15) is 0 Å². The Balaban J connectivity index is 1.68. The summed E-state index contributed by atoms with van der Waals surface area (Å²) in [5.41, 5.74) is 17.5. The van der Waals surface area contributed by atoms with Crippen LogP contribution in [0.3, 0.4) is 0 Å². The third kappa shape index (κ3) is 5.45. The van der Waals surface area contributed by atoms with Gasteiger partial charge in [0.1, 0.15) is 24.4 Å². The number of rotatable bonds is 7. The molecule has 2 fully saturated rings. The third-order valence-electron chi connectivity index (χ3n) is 6.84. The lowest BCUT2D eigenvalue weighted by molar-refractivity contribution is -0.312. The van der Waals surface area contributed by atoms with E-state index in [1.165, 1.54) is 0 Å². The fourth-order valence-corrected chi connectivity index (χ4v) is 4.96. The number of hydrogen-bond acceptors (Lipinski definition) is 10. The van der Waals surface area contributed by atoms with Crippen LogP contribution in [0.15, 0.2) is 11.8 Å². The maximum atomic E-state index is 11.1. The van der Waals surface area contributed by atoms with Gasteiger partial charge in [-0.1, -0.05) is 13.8 Å². The first-order chi connectivity index (χ1) is 15.1.